The van der Waals surface area contributed by atoms with Gasteiger partial charge in [0.05, 0.1) is 12.7 Å². The third-order valence-corrected chi connectivity index (χ3v) is 3.67. The molecular formula is C12H24N2O. The summed E-state index contributed by atoms with van der Waals surface area (Å²) in [5.41, 5.74) is 0. The van der Waals surface area contributed by atoms with E-state index in [1.807, 2.05) is 0 Å². The number of carbonyl (C=O) groups excluding carboxylic acids is 1. The lowest BCUT2D eigenvalue weighted by atomic mass is 9.94. The average molecular weight is 212 g/mol. The highest BCUT2D eigenvalue weighted by Crippen LogP contribution is 2.23. The molecule has 0 aromatic carbocycles. The van der Waals surface area contributed by atoms with Crippen LogP contribution in [-0.4, -0.2) is 29.6 Å². The smallest absolute Gasteiger partial charge is 0.238 e. The van der Waals surface area contributed by atoms with E-state index in [2.05, 4.69) is 37.9 Å². The number of carbonyl (C=O) groups is 1. The van der Waals surface area contributed by atoms with Crippen LogP contribution in [0.2, 0.25) is 0 Å². The monoisotopic (exact) mass is 212 g/mol. The predicted molar refractivity (Wildman–Crippen MR) is 62.5 cm³/mol. The molecule has 3 heteroatoms. The van der Waals surface area contributed by atoms with Crippen LogP contribution in [0.3, 0.4) is 0 Å². The molecule has 0 aromatic heterocycles. The molecule has 3 nitrogen and oxygen atoms in total. The van der Waals surface area contributed by atoms with Crippen molar-refractivity contribution >= 4 is 5.91 Å². The molecule has 1 aliphatic rings. The Morgan fingerprint density at radius 2 is 2.00 bits per heavy atom. The summed E-state index contributed by atoms with van der Waals surface area (Å²) < 4.78 is 0. The molecule has 0 spiro atoms. The van der Waals surface area contributed by atoms with Gasteiger partial charge in [-0.3, -0.25) is 10.1 Å². The second-order valence-electron chi connectivity index (χ2n) is 4.42. The van der Waals surface area contributed by atoms with E-state index < -0.39 is 0 Å². The molecule has 1 heterocycles. The summed E-state index contributed by atoms with van der Waals surface area (Å²) in [5.74, 6) is 0.893. The number of nitrogens with one attached hydrogen (secondary N) is 1. The van der Waals surface area contributed by atoms with Crippen molar-refractivity contribution in [1.82, 2.24) is 10.2 Å². The van der Waals surface area contributed by atoms with Crippen LogP contribution in [0.25, 0.3) is 0 Å². The lowest BCUT2D eigenvalue weighted by Gasteiger charge is -2.34. The Hall–Kier alpha value is -0.570. The van der Waals surface area contributed by atoms with E-state index >= 15 is 0 Å². The summed E-state index contributed by atoms with van der Waals surface area (Å²) in [5, 5.41) is 3.27. The zero-order valence-corrected chi connectivity index (χ0v) is 10.4. The van der Waals surface area contributed by atoms with Gasteiger partial charge in [0, 0.05) is 6.04 Å². The number of amides is 1. The van der Waals surface area contributed by atoms with E-state index in [9.17, 15) is 4.79 Å². The van der Waals surface area contributed by atoms with Crippen molar-refractivity contribution in [2.75, 3.05) is 6.54 Å². The van der Waals surface area contributed by atoms with E-state index in [4.69, 9.17) is 0 Å². The van der Waals surface area contributed by atoms with Crippen LogP contribution in [-0.2, 0) is 4.79 Å². The molecule has 1 fully saturated rings. The van der Waals surface area contributed by atoms with Gasteiger partial charge in [0.2, 0.25) is 5.91 Å². The van der Waals surface area contributed by atoms with Crippen LogP contribution >= 0.6 is 0 Å². The number of nitrogens with zero attached hydrogens (tertiary/aromatic N) is 1. The maximum absolute atomic E-state index is 11.8. The minimum atomic E-state index is 0.257. The lowest BCUT2D eigenvalue weighted by molar-refractivity contribution is -0.131. The van der Waals surface area contributed by atoms with Crippen molar-refractivity contribution in [3.8, 4) is 0 Å². The lowest BCUT2D eigenvalue weighted by Crippen LogP contribution is -2.46. The van der Waals surface area contributed by atoms with E-state index in [0.29, 0.717) is 18.5 Å². The zero-order chi connectivity index (χ0) is 11.4. The highest BCUT2D eigenvalue weighted by atomic mass is 16.2. The predicted octanol–water partition coefficient (Wildman–Crippen LogP) is 1.98. The second-order valence-corrected chi connectivity index (χ2v) is 4.42. The standard InChI is InChI=1S/C12H24N2O/c1-5-10(6-2)9(4)14-11(7-3)13-8-12(14)15/h9-11,13H,5-8H2,1-4H3. The molecule has 1 amide bonds. The molecule has 1 rings (SSSR count). The van der Waals surface area contributed by atoms with E-state index in [-0.39, 0.29) is 12.1 Å². The van der Waals surface area contributed by atoms with Gasteiger partial charge < -0.3 is 4.90 Å². The maximum Gasteiger partial charge on any atom is 0.238 e. The van der Waals surface area contributed by atoms with Gasteiger partial charge in [-0.25, -0.2) is 0 Å². The molecule has 0 bridgehead atoms. The largest absolute Gasteiger partial charge is 0.323 e. The van der Waals surface area contributed by atoms with Crippen LogP contribution in [0.1, 0.15) is 47.0 Å². The number of rotatable bonds is 5. The molecule has 0 aliphatic carbocycles. The summed E-state index contributed by atoms with van der Waals surface area (Å²) in [4.78, 5) is 13.8. The summed E-state index contributed by atoms with van der Waals surface area (Å²) in [6, 6.07) is 0.368. The number of hydrogen-bond acceptors (Lipinski definition) is 2. The molecule has 1 aliphatic heterocycles. The Bertz CT molecular complexity index is 214. The maximum atomic E-state index is 11.8. The van der Waals surface area contributed by atoms with Crippen molar-refractivity contribution in [2.45, 2.75) is 59.2 Å². The molecule has 0 aromatic rings. The van der Waals surface area contributed by atoms with Gasteiger partial charge in [-0.05, 0) is 19.3 Å². The van der Waals surface area contributed by atoms with Crippen LogP contribution in [0, 0.1) is 5.92 Å². The fourth-order valence-electron chi connectivity index (χ4n) is 2.62. The fraction of sp³-hybridized carbons (Fsp3) is 0.917. The topological polar surface area (TPSA) is 32.3 Å². The van der Waals surface area contributed by atoms with Gasteiger partial charge in [-0.2, -0.15) is 0 Å². The van der Waals surface area contributed by atoms with Gasteiger partial charge >= 0.3 is 0 Å². The highest BCUT2D eigenvalue weighted by Gasteiger charge is 2.34. The molecule has 2 unspecified atom stereocenters. The molecule has 88 valence electrons. The Kier molecular flexibility index (Phi) is 4.58. The Balaban J connectivity index is 2.70. The van der Waals surface area contributed by atoms with Crippen molar-refractivity contribution in [1.29, 1.82) is 0 Å². The van der Waals surface area contributed by atoms with E-state index in [1.165, 1.54) is 0 Å². The van der Waals surface area contributed by atoms with Crippen LogP contribution in [0.5, 0.6) is 0 Å². The van der Waals surface area contributed by atoms with Crippen molar-refractivity contribution in [3.63, 3.8) is 0 Å². The summed E-state index contributed by atoms with van der Waals surface area (Å²) in [6.45, 7) is 9.25. The molecular weight excluding hydrogens is 188 g/mol. The number of hydrogen-bond donors (Lipinski definition) is 1. The average Bonchev–Trinajstić information content (AvgIpc) is 2.61. The van der Waals surface area contributed by atoms with Gasteiger partial charge in [0.25, 0.3) is 0 Å². The summed E-state index contributed by atoms with van der Waals surface area (Å²) in [6.07, 6.45) is 3.56. The van der Waals surface area contributed by atoms with Gasteiger partial charge in [0.15, 0.2) is 0 Å². The van der Waals surface area contributed by atoms with Crippen molar-refractivity contribution in [2.24, 2.45) is 5.92 Å². The first-order valence-electron chi connectivity index (χ1n) is 6.20. The third kappa shape index (κ3) is 2.51. The van der Waals surface area contributed by atoms with Crippen LogP contribution in [0.4, 0.5) is 0 Å². The van der Waals surface area contributed by atoms with Gasteiger partial charge in [0.1, 0.15) is 0 Å². The Morgan fingerprint density at radius 3 is 2.47 bits per heavy atom. The first kappa shape index (κ1) is 12.5. The normalized spacial score (nSPS) is 23.9. The summed E-state index contributed by atoms with van der Waals surface area (Å²) >= 11 is 0. The molecule has 0 radical (unpaired) electrons. The first-order valence-corrected chi connectivity index (χ1v) is 6.20. The van der Waals surface area contributed by atoms with Crippen molar-refractivity contribution < 1.29 is 4.79 Å². The third-order valence-electron chi connectivity index (χ3n) is 3.67. The molecule has 15 heavy (non-hydrogen) atoms. The van der Waals surface area contributed by atoms with E-state index in [0.717, 1.165) is 19.3 Å². The van der Waals surface area contributed by atoms with E-state index in [1.54, 1.807) is 0 Å². The highest BCUT2D eigenvalue weighted by molar-refractivity contribution is 5.81. The minimum Gasteiger partial charge on any atom is -0.323 e. The van der Waals surface area contributed by atoms with Crippen LogP contribution in [0.15, 0.2) is 0 Å². The minimum absolute atomic E-state index is 0.257. The second kappa shape index (κ2) is 5.50. The quantitative estimate of drug-likeness (QED) is 0.755. The zero-order valence-electron chi connectivity index (χ0n) is 10.4. The molecule has 0 saturated carbocycles. The molecule has 1 N–H and O–H groups in total. The van der Waals surface area contributed by atoms with Crippen LogP contribution < -0.4 is 5.32 Å². The van der Waals surface area contributed by atoms with Gasteiger partial charge in [-0.1, -0.05) is 33.6 Å². The summed E-state index contributed by atoms with van der Waals surface area (Å²) in [7, 11) is 0. The van der Waals surface area contributed by atoms with Crippen molar-refractivity contribution in [3.05, 3.63) is 0 Å². The fourth-order valence-corrected chi connectivity index (χ4v) is 2.62. The molecule has 1 saturated heterocycles. The molecule has 2 atom stereocenters. The van der Waals surface area contributed by atoms with Gasteiger partial charge in [-0.15, -0.1) is 0 Å². The Morgan fingerprint density at radius 1 is 1.40 bits per heavy atom. The Labute approximate surface area is 93.2 Å². The first-order chi connectivity index (χ1) is 7.15. The SMILES string of the molecule is CCC(CC)C(C)N1C(=O)CNC1CC.